The van der Waals surface area contributed by atoms with Crippen LogP contribution < -0.4 is 0 Å². The van der Waals surface area contributed by atoms with Gasteiger partial charge >= 0.3 is 0 Å². The number of rotatable bonds is 4. The van der Waals surface area contributed by atoms with E-state index in [0.29, 0.717) is 31.0 Å². The maximum Gasteiger partial charge on any atom is 0.273 e. The molecule has 0 radical (unpaired) electrons. The van der Waals surface area contributed by atoms with Crippen LogP contribution in [0.2, 0.25) is 0 Å². The molecule has 0 saturated carbocycles. The number of imidazole rings is 1. The average molecular weight is 395 g/mol. The van der Waals surface area contributed by atoms with Gasteiger partial charge in [-0.15, -0.1) is 0 Å². The Bertz CT molecular complexity index is 916. The molecular formula is C23H30N4O2. The first-order valence-electron chi connectivity index (χ1n) is 10.5. The smallest absolute Gasteiger partial charge is 0.273 e. The Morgan fingerprint density at radius 2 is 1.83 bits per heavy atom. The number of carbonyl (C=O) groups excluding carboxylic acids is 2. The van der Waals surface area contributed by atoms with Crippen LogP contribution in [0.15, 0.2) is 30.3 Å². The largest absolute Gasteiger partial charge is 0.343 e. The van der Waals surface area contributed by atoms with Gasteiger partial charge in [-0.1, -0.05) is 44.2 Å². The zero-order chi connectivity index (χ0) is 20.7. The van der Waals surface area contributed by atoms with E-state index in [1.165, 1.54) is 0 Å². The summed E-state index contributed by atoms with van der Waals surface area (Å²) in [4.78, 5) is 34.4. The van der Waals surface area contributed by atoms with Gasteiger partial charge in [-0.05, 0) is 18.8 Å². The number of nitrogens with zero attached hydrogens (tertiary/aromatic N) is 4. The summed E-state index contributed by atoms with van der Waals surface area (Å²) in [7, 11) is 3.52. The van der Waals surface area contributed by atoms with Crippen molar-refractivity contribution in [3.8, 4) is 11.4 Å². The van der Waals surface area contributed by atoms with Gasteiger partial charge in [0.1, 0.15) is 11.5 Å². The fourth-order valence-corrected chi connectivity index (χ4v) is 4.72. The fourth-order valence-electron chi connectivity index (χ4n) is 4.72. The summed E-state index contributed by atoms with van der Waals surface area (Å²) in [6, 6.07) is 10.4. The van der Waals surface area contributed by atoms with Gasteiger partial charge in [0, 0.05) is 45.1 Å². The summed E-state index contributed by atoms with van der Waals surface area (Å²) in [5, 5.41) is 0. The van der Waals surface area contributed by atoms with Crippen molar-refractivity contribution in [2.45, 2.75) is 58.2 Å². The van der Waals surface area contributed by atoms with E-state index in [1.807, 2.05) is 30.3 Å². The molecule has 2 aromatic rings. The maximum absolute atomic E-state index is 13.0. The van der Waals surface area contributed by atoms with E-state index < -0.39 is 0 Å². The standard InChI is InChI=1S/C23H30N4O2/c1-15(2)12-20(28)27-17-10-11-18(27)14-26-19(13-17)21(23(29)25(3)4)24-22(26)16-8-6-5-7-9-16/h5-9,15,17-18H,10-14H2,1-4H3/t17-,18+/m0/s1. The number of benzene rings is 1. The van der Waals surface area contributed by atoms with Crippen LogP contribution in [-0.4, -0.2) is 57.3 Å². The van der Waals surface area contributed by atoms with Crippen LogP contribution in [0.1, 0.15) is 49.3 Å². The summed E-state index contributed by atoms with van der Waals surface area (Å²) in [5.74, 6) is 1.34. The summed E-state index contributed by atoms with van der Waals surface area (Å²) in [5.41, 5.74) is 2.50. The van der Waals surface area contributed by atoms with E-state index >= 15 is 0 Å². The molecule has 1 aromatic heterocycles. The van der Waals surface area contributed by atoms with Gasteiger partial charge in [-0.2, -0.15) is 0 Å². The monoisotopic (exact) mass is 394 g/mol. The van der Waals surface area contributed by atoms with E-state index in [0.717, 1.165) is 29.9 Å². The predicted molar refractivity (Wildman–Crippen MR) is 112 cm³/mol. The van der Waals surface area contributed by atoms with Gasteiger partial charge in [-0.3, -0.25) is 9.59 Å². The molecule has 2 bridgehead atoms. The van der Waals surface area contributed by atoms with Crippen molar-refractivity contribution in [1.82, 2.24) is 19.4 Å². The molecule has 2 aliphatic rings. The molecule has 6 heteroatoms. The minimum Gasteiger partial charge on any atom is -0.343 e. The number of hydrogen-bond acceptors (Lipinski definition) is 3. The van der Waals surface area contributed by atoms with Gasteiger partial charge in [0.15, 0.2) is 0 Å². The SMILES string of the molecule is CC(C)CC(=O)N1[C@@H]2CC[C@H]1Cc1c(C(=O)N(C)C)nc(-c3ccccc3)n1C2. The normalized spacial score (nSPS) is 20.5. The fraction of sp³-hybridized carbons (Fsp3) is 0.522. The second-order valence-electron chi connectivity index (χ2n) is 8.90. The first-order chi connectivity index (χ1) is 13.9. The molecular weight excluding hydrogens is 364 g/mol. The molecule has 1 fully saturated rings. The second kappa shape index (κ2) is 7.65. The Hall–Kier alpha value is -2.63. The Morgan fingerprint density at radius 1 is 1.14 bits per heavy atom. The Labute approximate surface area is 172 Å². The lowest BCUT2D eigenvalue weighted by Crippen LogP contribution is -2.42. The highest BCUT2D eigenvalue weighted by molar-refractivity contribution is 5.94. The highest BCUT2D eigenvalue weighted by Gasteiger charge is 2.42. The van der Waals surface area contributed by atoms with Crippen molar-refractivity contribution in [2.24, 2.45) is 5.92 Å². The molecule has 1 saturated heterocycles. The Morgan fingerprint density at radius 3 is 2.48 bits per heavy atom. The van der Waals surface area contributed by atoms with Crippen LogP contribution >= 0.6 is 0 Å². The van der Waals surface area contributed by atoms with Gasteiger partial charge in [0.05, 0.1) is 11.7 Å². The molecule has 4 rings (SSSR count). The maximum atomic E-state index is 13.0. The molecule has 0 N–H and O–H groups in total. The van der Waals surface area contributed by atoms with Crippen LogP contribution in [-0.2, 0) is 17.8 Å². The molecule has 2 atom stereocenters. The third-order valence-corrected chi connectivity index (χ3v) is 6.03. The highest BCUT2D eigenvalue weighted by Crippen LogP contribution is 2.36. The minimum atomic E-state index is -0.0752. The predicted octanol–water partition coefficient (Wildman–Crippen LogP) is 3.21. The van der Waals surface area contributed by atoms with E-state index in [4.69, 9.17) is 4.98 Å². The van der Waals surface area contributed by atoms with E-state index in [9.17, 15) is 9.59 Å². The van der Waals surface area contributed by atoms with Crippen molar-refractivity contribution in [3.05, 3.63) is 41.7 Å². The van der Waals surface area contributed by atoms with E-state index in [2.05, 4.69) is 23.3 Å². The van der Waals surface area contributed by atoms with Crippen LogP contribution in [0, 0.1) is 5.92 Å². The summed E-state index contributed by atoms with van der Waals surface area (Å²) in [6.07, 6.45) is 3.28. The molecule has 2 amide bonds. The molecule has 0 unspecified atom stereocenters. The molecule has 2 aliphatic heterocycles. The number of hydrogen-bond donors (Lipinski definition) is 0. The van der Waals surface area contributed by atoms with Crippen LogP contribution in [0.3, 0.4) is 0 Å². The number of carbonyl (C=O) groups is 2. The molecule has 29 heavy (non-hydrogen) atoms. The lowest BCUT2D eigenvalue weighted by molar-refractivity contribution is -0.134. The van der Waals surface area contributed by atoms with Gasteiger partial charge in [0.25, 0.3) is 5.91 Å². The second-order valence-corrected chi connectivity index (χ2v) is 8.90. The molecule has 0 spiro atoms. The highest BCUT2D eigenvalue weighted by atomic mass is 16.2. The van der Waals surface area contributed by atoms with Crippen LogP contribution in [0.4, 0.5) is 0 Å². The average Bonchev–Trinajstić information content (AvgIpc) is 3.17. The lowest BCUT2D eigenvalue weighted by Gasteiger charge is -2.29. The van der Waals surface area contributed by atoms with E-state index in [1.54, 1.807) is 19.0 Å². The third kappa shape index (κ3) is 3.56. The van der Waals surface area contributed by atoms with Gasteiger partial charge in [-0.25, -0.2) is 4.98 Å². The molecule has 1 aromatic carbocycles. The molecule has 154 valence electrons. The number of aromatic nitrogens is 2. The van der Waals surface area contributed by atoms with Gasteiger partial charge in [0.2, 0.25) is 5.91 Å². The summed E-state index contributed by atoms with van der Waals surface area (Å²) < 4.78 is 2.20. The first kappa shape index (κ1) is 19.7. The Balaban J connectivity index is 1.78. The van der Waals surface area contributed by atoms with Crippen molar-refractivity contribution in [3.63, 3.8) is 0 Å². The lowest BCUT2D eigenvalue weighted by atomic mass is 10.0. The van der Waals surface area contributed by atoms with Crippen molar-refractivity contribution >= 4 is 11.8 Å². The number of amides is 2. The molecule has 3 heterocycles. The topological polar surface area (TPSA) is 58.4 Å². The Kier molecular flexibility index (Phi) is 5.19. The van der Waals surface area contributed by atoms with Crippen molar-refractivity contribution in [2.75, 3.05) is 14.1 Å². The molecule has 6 nitrogen and oxygen atoms in total. The third-order valence-electron chi connectivity index (χ3n) is 6.03. The first-order valence-corrected chi connectivity index (χ1v) is 10.5. The van der Waals surface area contributed by atoms with Gasteiger partial charge < -0.3 is 14.4 Å². The van der Waals surface area contributed by atoms with E-state index in [-0.39, 0.29) is 23.9 Å². The van der Waals surface area contributed by atoms with Crippen LogP contribution in [0.25, 0.3) is 11.4 Å². The summed E-state index contributed by atoms with van der Waals surface area (Å²) in [6.45, 7) is 4.88. The quantitative estimate of drug-likeness (QED) is 0.800. The minimum absolute atomic E-state index is 0.0752. The van der Waals surface area contributed by atoms with Crippen molar-refractivity contribution < 1.29 is 9.59 Å². The number of fused-ring (bicyclic) bond motifs is 3. The zero-order valence-electron chi connectivity index (χ0n) is 17.8. The van der Waals surface area contributed by atoms with Crippen molar-refractivity contribution in [1.29, 1.82) is 0 Å². The molecule has 0 aliphatic carbocycles. The zero-order valence-corrected chi connectivity index (χ0v) is 17.8. The van der Waals surface area contributed by atoms with Crippen LogP contribution in [0.5, 0.6) is 0 Å². The summed E-state index contributed by atoms with van der Waals surface area (Å²) >= 11 is 0.